The summed E-state index contributed by atoms with van der Waals surface area (Å²) in [6, 6.07) is 0.696. The molecule has 0 atom stereocenters. The molecule has 0 fully saturated rings. The van der Waals surface area contributed by atoms with Gasteiger partial charge in [0.25, 0.3) is 0 Å². The van der Waals surface area contributed by atoms with Gasteiger partial charge in [-0.05, 0) is 25.4 Å². The summed E-state index contributed by atoms with van der Waals surface area (Å²) in [5, 5.41) is -0.510. The lowest BCUT2D eigenvalue weighted by Gasteiger charge is -2.10. The predicted octanol–water partition coefficient (Wildman–Crippen LogP) is 2.95. The molecule has 1 rings (SSSR count). The van der Waals surface area contributed by atoms with E-state index in [9.17, 15) is 13.2 Å². The van der Waals surface area contributed by atoms with E-state index in [2.05, 4.69) is 9.97 Å². The maximum atomic E-state index is 12.4. The summed E-state index contributed by atoms with van der Waals surface area (Å²) in [6.07, 6.45) is -4.56. The van der Waals surface area contributed by atoms with E-state index in [-0.39, 0.29) is 25.2 Å². The van der Waals surface area contributed by atoms with Crippen LogP contribution in [-0.2, 0) is 10.9 Å². The van der Waals surface area contributed by atoms with Crippen molar-refractivity contribution in [1.29, 1.82) is 0 Å². The molecule has 18 heavy (non-hydrogen) atoms. The minimum atomic E-state index is -4.58. The second kappa shape index (κ2) is 6.19. The second-order valence-electron chi connectivity index (χ2n) is 3.63. The highest BCUT2D eigenvalue weighted by Gasteiger charge is 2.33. The Labute approximate surface area is 107 Å². The van der Waals surface area contributed by atoms with Crippen LogP contribution < -0.4 is 4.74 Å². The number of ether oxygens (including phenoxy) is 2. The van der Waals surface area contributed by atoms with Crippen molar-refractivity contribution < 1.29 is 22.6 Å². The molecule has 1 aromatic heterocycles. The van der Waals surface area contributed by atoms with Crippen molar-refractivity contribution in [3.05, 3.63) is 17.0 Å². The van der Waals surface area contributed by atoms with Gasteiger partial charge in [0.15, 0.2) is 5.69 Å². The van der Waals surface area contributed by atoms with Crippen LogP contribution in [0.25, 0.3) is 0 Å². The first-order valence-corrected chi connectivity index (χ1v) is 5.53. The Kier molecular flexibility index (Phi) is 5.15. The van der Waals surface area contributed by atoms with Gasteiger partial charge in [-0.1, -0.05) is 0 Å². The molecular formula is C10H12ClF3N2O2. The fourth-order valence-electron chi connectivity index (χ4n) is 1.05. The maximum absolute atomic E-state index is 12.4. The van der Waals surface area contributed by atoms with Crippen molar-refractivity contribution in [2.24, 2.45) is 0 Å². The average Bonchev–Trinajstić information content (AvgIpc) is 2.22. The summed E-state index contributed by atoms with van der Waals surface area (Å²) in [4.78, 5) is 6.62. The lowest BCUT2D eigenvalue weighted by Crippen LogP contribution is -2.13. The van der Waals surface area contributed by atoms with E-state index < -0.39 is 17.2 Å². The van der Waals surface area contributed by atoms with Crippen LogP contribution in [-0.4, -0.2) is 29.3 Å². The zero-order valence-electron chi connectivity index (χ0n) is 9.79. The molecule has 0 amide bonds. The van der Waals surface area contributed by atoms with Crippen LogP contribution >= 0.6 is 11.6 Å². The minimum absolute atomic E-state index is 0.0216. The molecule has 1 heterocycles. The van der Waals surface area contributed by atoms with E-state index in [4.69, 9.17) is 21.1 Å². The standard InChI is InChI=1S/C10H12ClF3N2O2/c1-6(2)17-3-4-18-8-5-7(10(12,13)14)15-9(11)16-8/h5-6H,3-4H2,1-2H3. The number of alkyl halides is 3. The first-order chi connectivity index (χ1) is 8.29. The molecule has 0 aliphatic carbocycles. The van der Waals surface area contributed by atoms with E-state index in [0.717, 1.165) is 0 Å². The summed E-state index contributed by atoms with van der Waals surface area (Å²) in [6.45, 7) is 4.01. The SMILES string of the molecule is CC(C)OCCOc1cc(C(F)(F)F)nc(Cl)n1. The molecule has 0 aliphatic heterocycles. The summed E-state index contributed by atoms with van der Waals surface area (Å²) in [5.74, 6) is -0.227. The molecule has 0 aromatic carbocycles. The van der Waals surface area contributed by atoms with Gasteiger partial charge in [0, 0.05) is 6.07 Å². The predicted molar refractivity (Wildman–Crippen MR) is 58.6 cm³/mol. The second-order valence-corrected chi connectivity index (χ2v) is 3.96. The Bertz CT molecular complexity index is 399. The molecule has 0 spiro atoms. The number of rotatable bonds is 5. The number of hydrogen-bond acceptors (Lipinski definition) is 4. The van der Waals surface area contributed by atoms with Crippen LogP contribution in [0.3, 0.4) is 0 Å². The van der Waals surface area contributed by atoms with Crippen molar-refractivity contribution >= 4 is 11.6 Å². The van der Waals surface area contributed by atoms with E-state index in [1.807, 2.05) is 13.8 Å². The molecular weight excluding hydrogens is 273 g/mol. The molecule has 102 valence electrons. The van der Waals surface area contributed by atoms with Crippen molar-refractivity contribution in [3.63, 3.8) is 0 Å². The largest absolute Gasteiger partial charge is 0.475 e. The van der Waals surface area contributed by atoms with E-state index in [1.54, 1.807) is 0 Å². The van der Waals surface area contributed by atoms with Crippen molar-refractivity contribution in [3.8, 4) is 5.88 Å². The van der Waals surface area contributed by atoms with Gasteiger partial charge in [0.2, 0.25) is 11.2 Å². The normalized spacial score (nSPS) is 11.9. The zero-order chi connectivity index (χ0) is 13.8. The van der Waals surface area contributed by atoms with Gasteiger partial charge in [-0.25, -0.2) is 4.98 Å². The van der Waals surface area contributed by atoms with Crippen molar-refractivity contribution in [2.45, 2.75) is 26.1 Å². The van der Waals surface area contributed by atoms with Crippen LogP contribution in [0.2, 0.25) is 5.28 Å². The van der Waals surface area contributed by atoms with Crippen LogP contribution in [0, 0.1) is 0 Å². The first kappa shape index (κ1) is 15.0. The van der Waals surface area contributed by atoms with E-state index in [1.165, 1.54) is 0 Å². The Hall–Kier alpha value is -1.08. The summed E-state index contributed by atoms with van der Waals surface area (Å²) in [5.41, 5.74) is -1.14. The first-order valence-electron chi connectivity index (χ1n) is 5.15. The summed E-state index contributed by atoms with van der Waals surface area (Å²) < 4.78 is 47.4. The van der Waals surface area contributed by atoms with Gasteiger partial charge in [0.05, 0.1) is 12.7 Å². The van der Waals surface area contributed by atoms with Gasteiger partial charge >= 0.3 is 6.18 Å². The third-order valence-electron chi connectivity index (χ3n) is 1.75. The summed E-state index contributed by atoms with van der Waals surface area (Å²) >= 11 is 5.39. The molecule has 8 heteroatoms. The molecule has 0 N–H and O–H groups in total. The van der Waals surface area contributed by atoms with Gasteiger partial charge in [-0.3, -0.25) is 0 Å². The molecule has 0 bridgehead atoms. The zero-order valence-corrected chi connectivity index (χ0v) is 10.5. The van der Waals surface area contributed by atoms with Crippen LogP contribution in [0.15, 0.2) is 6.07 Å². The van der Waals surface area contributed by atoms with Crippen molar-refractivity contribution in [2.75, 3.05) is 13.2 Å². The molecule has 4 nitrogen and oxygen atoms in total. The Morgan fingerprint density at radius 1 is 1.28 bits per heavy atom. The Morgan fingerprint density at radius 3 is 2.50 bits per heavy atom. The highest BCUT2D eigenvalue weighted by Crippen LogP contribution is 2.30. The topological polar surface area (TPSA) is 44.2 Å². The van der Waals surface area contributed by atoms with Crippen LogP contribution in [0.4, 0.5) is 13.2 Å². The van der Waals surface area contributed by atoms with Gasteiger partial charge in [0.1, 0.15) is 6.61 Å². The molecule has 1 aromatic rings. The Morgan fingerprint density at radius 2 is 1.94 bits per heavy atom. The molecule has 0 saturated heterocycles. The van der Waals surface area contributed by atoms with Gasteiger partial charge in [-0.2, -0.15) is 18.2 Å². The monoisotopic (exact) mass is 284 g/mol. The Balaban J connectivity index is 2.63. The molecule has 0 aliphatic rings. The van der Waals surface area contributed by atoms with Crippen LogP contribution in [0.5, 0.6) is 5.88 Å². The lowest BCUT2D eigenvalue weighted by molar-refractivity contribution is -0.141. The number of halogens is 4. The lowest BCUT2D eigenvalue weighted by atomic mass is 10.4. The van der Waals surface area contributed by atoms with Crippen LogP contribution in [0.1, 0.15) is 19.5 Å². The highest BCUT2D eigenvalue weighted by atomic mass is 35.5. The third-order valence-corrected chi connectivity index (χ3v) is 1.92. The smallest absolute Gasteiger partial charge is 0.433 e. The molecule has 0 saturated carbocycles. The van der Waals surface area contributed by atoms with E-state index in [0.29, 0.717) is 6.07 Å². The third kappa shape index (κ3) is 5.05. The quantitative estimate of drug-likeness (QED) is 0.616. The maximum Gasteiger partial charge on any atom is 0.433 e. The molecule has 0 radical (unpaired) electrons. The van der Waals surface area contributed by atoms with E-state index >= 15 is 0 Å². The van der Waals surface area contributed by atoms with Gasteiger partial charge < -0.3 is 9.47 Å². The fourth-order valence-corrected chi connectivity index (χ4v) is 1.22. The number of aromatic nitrogens is 2. The number of nitrogens with zero attached hydrogens (tertiary/aromatic N) is 2. The minimum Gasteiger partial charge on any atom is -0.475 e. The average molecular weight is 285 g/mol. The summed E-state index contributed by atoms with van der Waals surface area (Å²) in [7, 11) is 0. The van der Waals surface area contributed by atoms with Gasteiger partial charge in [-0.15, -0.1) is 0 Å². The fraction of sp³-hybridized carbons (Fsp3) is 0.600. The highest BCUT2D eigenvalue weighted by molar-refractivity contribution is 6.28. The van der Waals surface area contributed by atoms with Crippen molar-refractivity contribution in [1.82, 2.24) is 9.97 Å². The molecule has 0 unspecified atom stereocenters. The number of hydrogen-bond donors (Lipinski definition) is 0.